The van der Waals surface area contributed by atoms with Crippen molar-refractivity contribution in [1.82, 2.24) is 4.90 Å². The number of carbonyl (C=O) groups is 1. The van der Waals surface area contributed by atoms with Gasteiger partial charge >= 0.3 is 5.97 Å². The lowest BCUT2D eigenvalue weighted by Crippen LogP contribution is -2.36. The van der Waals surface area contributed by atoms with Crippen molar-refractivity contribution >= 4 is 18.4 Å². The van der Waals surface area contributed by atoms with E-state index < -0.39 is 12.1 Å². The van der Waals surface area contributed by atoms with E-state index in [2.05, 4.69) is 42.2 Å². The minimum absolute atomic E-state index is 0. The third-order valence-corrected chi connectivity index (χ3v) is 7.10. The second-order valence-corrected chi connectivity index (χ2v) is 10.0. The zero-order valence-electron chi connectivity index (χ0n) is 21.6. The summed E-state index contributed by atoms with van der Waals surface area (Å²) in [7, 11) is 0. The molecule has 0 amide bonds. The number of nitrogens with zero attached hydrogens (tertiary/aromatic N) is 1. The molecule has 1 unspecified atom stereocenters. The molecule has 4 nitrogen and oxygen atoms in total. The predicted molar refractivity (Wildman–Crippen MR) is 145 cm³/mol. The Labute approximate surface area is 215 Å². The number of hydrogen-bond acceptors (Lipinski definition) is 3. The number of carboxylic acid groups (broad SMARTS) is 1. The molecular formula is C29H50ClNO3. The summed E-state index contributed by atoms with van der Waals surface area (Å²) < 4.78 is 5.81. The molecule has 1 heterocycles. The van der Waals surface area contributed by atoms with Gasteiger partial charge in [0.05, 0.1) is 0 Å². The van der Waals surface area contributed by atoms with Crippen LogP contribution in [0.25, 0.3) is 0 Å². The van der Waals surface area contributed by atoms with Crippen LogP contribution < -0.4 is 0 Å². The zero-order valence-corrected chi connectivity index (χ0v) is 22.4. The van der Waals surface area contributed by atoms with Crippen LogP contribution in [0.3, 0.4) is 0 Å². The summed E-state index contributed by atoms with van der Waals surface area (Å²) in [6.45, 7) is 5.94. The lowest BCUT2D eigenvalue weighted by atomic mass is 9.91. The van der Waals surface area contributed by atoms with Crippen LogP contribution in [0, 0.1) is 5.92 Å². The number of halogens is 1. The lowest BCUT2D eigenvalue weighted by molar-refractivity contribution is -0.152. The van der Waals surface area contributed by atoms with Crippen LogP contribution in [0.2, 0.25) is 0 Å². The maximum atomic E-state index is 11.7. The number of benzene rings is 1. The SMILES string of the molecule is CCCCCCCCCCCCCCOC(CC1CCN(Cc2ccccc2)CC1)C(=O)O.Cl. The van der Waals surface area contributed by atoms with Crippen molar-refractivity contribution in [3.8, 4) is 0 Å². The molecule has 1 fully saturated rings. The standard InChI is InChI=1S/C29H49NO3.ClH/c1-2-3-4-5-6-7-8-9-10-11-12-16-23-33-28(29(31)32)24-26-19-21-30(22-20-26)25-27-17-14-13-15-18-27;/h13-15,17-18,26,28H,2-12,16,19-25H2,1H3,(H,31,32);1H. The van der Waals surface area contributed by atoms with Gasteiger partial charge < -0.3 is 9.84 Å². The summed E-state index contributed by atoms with van der Waals surface area (Å²) in [5.41, 5.74) is 1.35. The molecule has 5 heteroatoms. The quantitative estimate of drug-likeness (QED) is 0.198. The van der Waals surface area contributed by atoms with Gasteiger partial charge in [-0.15, -0.1) is 12.4 Å². The molecule has 0 radical (unpaired) electrons. The Morgan fingerprint density at radius 3 is 1.97 bits per heavy atom. The smallest absolute Gasteiger partial charge is 0.332 e. The van der Waals surface area contributed by atoms with Gasteiger partial charge in [-0.2, -0.15) is 0 Å². The van der Waals surface area contributed by atoms with Gasteiger partial charge in [0.2, 0.25) is 0 Å². The normalized spacial score (nSPS) is 15.7. The molecule has 1 N–H and O–H groups in total. The van der Waals surface area contributed by atoms with Crippen LogP contribution in [-0.4, -0.2) is 41.8 Å². The van der Waals surface area contributed by atoms with Crippen molar-refractivity contribution in [2.75, 3.05) is 19.7 Å². The van der Waals surface area contributed by atoms with E-state index in [1.807, 2.05) is 0 Å². The Morgan fingerprint density at radius 1 is 0.912 bits per heavy atom. The summed E-state index contributed by atoms with van der Waals surface area (Å²) in [6.07, 6.45) is 17.9. The Kier molecular flexibility index (Phi) is 18.3. The van der Waals surface area contributed by atoms with Crippen molar-refractivity contribution in [1.29, 1.82) is 0 Å². The van der Waals surface area contributed by atoms with Gasteiger partial charge in [0.15, 0.2) is 6.10 Å². The molecule has 1 aromatic carbocycles. The van der Waals surface area contributed by atoms with E-state index in [0.717, 1.165) is 45.3 Å². The first kappa shape index (κ1) is 30.9. The summed E-state index contributed by atoms with van der Waals surface area (Å²) in [5, 5.41) is 9.61. The average molecular weight is 496 g/mol. The van der Waals surface area contributed by atoms with Crippen molar-refractivity contribution in [3.63, 3.8) is 0 Å². The molecule has 0 aromatic heterocycles. The summed E-state index contributed by atoms with van der Waals surface area (Å²) in [4.78, 5) is 14.2. The highest BCUT2D eigenvalue weighted by Gasteiger charge is 2.26. The van der Waals surface area contributed by atoms with Gasteiger partial charge in [0.1, 0.15) is 0 Å². The Morgan fingerprint density at radius 2 is 1.44 bits per heavy atom. The minimum Gasteiger partial charge on any atom is -0.479 e. The fourth-order valence-corrected chi connectivity index (χ4v) is 4.93. The molecule has 1 aliphatic rings. The number of unbranched alkanes of at least 4 members (excludes halogenated alkanes) is 11. The third kappa shape index (κ3) is 14.3. The first-order chi connectivity index (χ1) is 16.2. The van der Waals surface area contributed by atoms with Crippen LogP contribution in [0.15, 0.2) is 30.3 Å². The second-order valence-electron chi connectivity index (χ2n) is 10.0. The molecule has 0 bridgehead atoms. The fraction of sp³-hybridized carbons (Fsp3) is 0.759. The molecule has 34 heavy (non-hydrogen) atoms. The predicted octanol–water partition coefficient (Wildman–Crippen LogP) is 7.88. The molecule has 196 valence electrons. The zero-order chi connectivity index (χ0) is 23.6. The second kappa shape index (κ2) is 20.1. The Balaban J connectivity index is 0.00000578. The van der Waals surface area contributed by atoms with E-state index in [1.54, 1.807) is 0 Å². The van der Waals surface area contributed by atoms with Gasteiger partial charge in [-0.25, -0.2) is 4.79 Å². The maximum Gasteiger partial charge on any atom is 0.332 e. The molecule has 1 atom stereocenters. The van der Waals surface area contributed by atoms with Crippen LogP contribution in [-0.2, 0) is 16.1 Å². The number of piperidine rings is 1. The van der Waals surface area contributed by atoms with E-state index in [9.17, 15) is 9.90 Å². The molecule has 2 rings (SSSR count). The highest BCUT2D eigenvalue weighted by Crippen LogP contribution is 2.24. The topological polar surface area (TPSA) is 49.8 Å². The number of hydrogen-bond donors (Lipinski definition) is 1. The summed E-state index contributed by atoms with van der Waals surface area (Å²) in [6, 6.07) is 10.6. The Bertz CT molecular complexity index is 605. The summed E-state index contributed by atoms with van der Waals surface area (Å²) >= 11 is 0. The molecule has 1 aromatic rings. The highest BCUT2D eigenvalue weighted by atomic mass is 35.5. The van der Waals surface area contributed by atoms with Crippen LogP contribution >= 0.6 is 12.4 Å². The monoisotopic (exact) mass is 495 g/mol. The van der Waals surface area contributed by atoms with Crippen molar-refractivity contribution in [3.05, 3.63) is 35.9 Å². The van der Waals surface area contributed by atoms with E-state index in [0.29, 0.717) is 18.9 Å². The minimum atomic E-state index is -0.791. The lowest BCUT2D eigenvalue weighted by Gasteiger charge is -2.33. The highest BCUT2D eigenvalue weighted by molar-refractivity contribution is 5.85. The average Bonchev–Trinajstić information content (AvgIpc) is 2.83. The third-order valence-electron chi connectivity index (χ3n) is 7.10. The number of rotatable bonds is 19. The van der Waals surface area contributed by atoms with Crippen LogP contribution in [0.4, 0.5) is 0 Å². The van der Waals surface area contributed by atoms with Crippen molar-refractivity contribution in [2.45, 2.75) is 116 Å². The molecule has 1 saturated heterocycles. The number of aliphatic carboxylic acids is 1. The Hall–Kier alpha value is -1.10. The van der Waals surface area contributed by atoms with Gasteiger partial charge in [-0.3, -0.25) is 4.90 Å². The summed E-state index contributed by atoms with van der Waals surface area (Å²) in [5.74, 6) is -0.333. The van der Waals surface area contributed by atoms with Crippen LogP contribution in [0.1, 0.15) is 109 Å². The van der Waals surface area contributed by atoms with Gasteiger partial charge in [-0.1, -0.05) is 108 Å². The van der Waals surface area contributed by atoms with Gasteiger partial charge in [0, 0.05) is 13.2 Å². The first-order valence-corrected chi connectivity index (χ1v) is 13.8. The molecule has 0 spiro atoms. The first-order valence-electron chi connectivity index (χ1n) is 13.8. The van der Waals surface area contributed by atoms with Gasteiger partial charge in [-0.05, 0) is 50.3 Å². The number of ether oxygens (including phenoxy) is 1. The maximum absolute atomic E-state index is 11.7. The van der Waals surface area contributed by atoms with E-state index in [-0.39, 0.29) is 12.4 Å². The molecule has 0 saturated carbocycles. The van der Waals surface area contributed by atoms with Crippen molar-refractivity contribution < 1.29 is 14.6 Å². The van der Waals surface area contributed by atoms with E-state index in [4.69, 9.17) is 4.74 Å². The van der Waals surface area contributed by atoms with E-state index >= 15 is 0 Å². The molecule has 0 aliphatic carbocycles. The van der Waals surface area contributed by atoms with Gasteiger partial charge in [0.25, 0.3) is 0 Å². The van der Waals surface area contributed by atoms with Crippen LogP contribution in [0.5, 0.6) is 0 Å². The van der Waals surface area contributed by atoms with E-state index in [1.165, 1.54) is 69.8 Å². The van der Waals surface area contributed by atoms with Crippen molar-refractivity contribution in [2.24, 2.45) is 5.92 Å². The molecule has 1 aliphatic heterocycles. The number of likely N-dealkylation sites (tertiary alicyclic amines) is 1. The largest absolute Gasteiger partial charge is 0.479 e. The number of carboxylic acids is 1. The molecular weight excluding hydrogens is 446 g/mol. The fourth-order valence-electron chi connectivity index (χ4n) is 4.93.